The van der Waals surface area contributed by atoms with Crippen LogP contribution in [0.25, 0.3) is 21.3 Å². The lowest BCUT2D eigenvalue weighted by Gasteiger charge is -2.08. The molecule has 0 saturated heterocycles. The number of fused-ring (bicyclic) bond motifs is 1. The second kappa shape index (κ2) is 6.11. The van der Waals surface area contributed by atoms with Crippen LogP contribution in [0.3, 0.4) is 0 Å². The molecule has 2 N–H and O–H groups in total. The van der Waals surface area contributed by atoms with E-state index < -0.39 is 0 Å². The quantitative estimate of drug-likeness (QED) is 0.480. The van der Waals surface area contributed by atoms with Crippen LogP contribution >= 0.6 is 22.9 Å². The first kappa shape index (κ1) is 14.9. The van der Waals surface area contributed by atoms with Crippen LogP contribution < -0.4 is 5.32 Å². The van der Waals surface area contributed by atoms with Gasteiger partial charge < -0.3 is 10.4 Å². The minimum atomic E-state index is 0.228. The zero-order valence-corrected chi connectivity index (χ0v) is 14.0. The molecule has 0 fully saturated rings. The molecule has 0 spiro atoms. The molecule has 0 saturated carbocycles. The van der Waals surface area contributed by atoms with Crippen molar-refractivity contribution in [3.63, 3.8) is 0 Å². The molecule has 4 rings (SSSR count). The first-order chi connectivity index (χ1) is 11.7. The van der Waals surface area contributed by atoms with E-state index in [0.717, 1.165) is 32.8 Å². The normalized spacial score (nSPS) is 10.9. The van der Waals surface area contributed by atoms with Gasteiger partial charge in [0.25, 0.3) is 0 Å². The Hall–Kier alpha value is -2.63. The van der Waals surface area contributed by atoms with Gasteiger partial charge in [-0.25, -0.2) is 9.97 Å². The first-order valence-corrected chi connectivity index (χ1v) is 8.51. The van der Waals surface area contributed by atoms with Gasteiger partial charge in [0.15, 0.2) is 0 Å². The van der Waals surface area contributed by atoms with E-state index in [1.54, 1.807) is 41.9 Å². The highest BCUT2D eigenvalue weighted by Crippen LogP contribution is 2.37. The number of phenolic OH excluding ortho intramolecular Hbond substituents is 1. The number of nitrogens with one attached hydrogen (secondary N) is 1. The molecule has 0 atom stereocenters. The fourth-order valence-electron chi connectivity index (χ4n) is 2.49. The maximum Gasteiger partial charge on any atom is 0.143 e. The fourth-order valence-corrected chi connectivity index (χ4v) is 3.54. The number of aromatic nitrogens is 2. The third kappa shape index (κ3) is 2.79. The average Bonchev–Trinajstić information content (AvgIpc) is 3.03. The number of anilines is 2. The molecule has 0 unspecified atom stereocenters. The molecule has 6 heteroatoms. The van der Waals surface area contributed by atoms with Gasteiger partial charge in [0.05, 0.1) is 5.39 Å². The van der Waals surface area contributed by atoms with Crippen molar-refractivity contribution in [2.45, 2.75) is 0 Å². The second-order valence-electron chi connectivity index (χ2n) is 5.23. The van der Waals surface area contributed by atoms with Crippen LogP contribution in [0.4, 0.5) is 11.5 Å². The molecule has 0 bridgehead atoms. The van der Waals surface area contributed by atoms with Crippen LogP contribution in [0, 0.1) is 0 Å². The summed E-state index contributed by atoms with van der Waals surface area (Å²) >= 11 is 7.56. The molecule has 2 heterocycles. The van der Waals surface area contributed by atoms with Gasteiger partial charge in [0.1, 0.15) is 22.7 Å². The van der Waals surface area contributed by atoms with E-state index in [0.29, 0.717) is 5.02 Å². The van der Waals surface area contributed by atoms with E-state index in [-0.39, 0.29) is 5.75 Å². The maximum atomic E-state index is 9.41. The Labute approximate surface area is 147 Å². The molecule has 24 heavy (non-hydrogen) atoms. The van der Waals surface area contributed by atoms with E-state index in [1.807, 2.05) is 24.3 Å². The van der Waals surface area contributed by atoms with Crippen molar-refractivity contribution < 1.29 is 5.11 Å². The Morgan fingerprint density at radius 3 is 2.46 bits per heavy atom. The van der Waals surface area contributed by atoms with Crippen molar-refractivity contribution in [3.8, 4) is 16.9 Å². The number of aromatic hydroxyl groups is 1. The number of benzene rings is 2. The summed E-state index contributed by atoms with van der Waals surface area (Å²) < 4.78 is 0. The SMILES string of the molecule is Oc1ccc(Nc2ncnc3scc(-c4ccc(Cl)cc4)c23)cc1. The van der Waals surface area contributed by atoms with E-state index in [4.69, 9.17) is 11.6 Å². The van der Waals surface area contributed by atoms with Crippen molar-refractivity contribution in [1.29, 1.82) is 0 Å². The Morgan fingerprint density at radius 2 is 1.71 bits per heavy atom. The van der Waals surface area contributed by atoms with Crippen molar-refractivity contribution in [3.05, 3.63) is 65.3 Å². The summed E-state index contributed by atoms with van der Waals surface area (Å²) in [5.74, 6) is 0.961. The third-order valence-electron chi connectivity index (χ3n) is 3.66. The van der Waals surface area contributed by atoms with E-state index >= 15 is 0 Å². The van der Waals surface area contributed by atoms with Crippen LogP contribution in [-0.4, -0.2) is 15.1 Å². The lowest BCUT2D eigenvalue weighted by molar-refractivity contribution is 0.475. The molecular formula is C18H12ClN3OS. The second-order valence-corrected chi connectivity index (χ2v) is 6.53. The standard InChI is InChI=1S/C18H12ClN3OS/c19-12-3-1-11(2-4-12)15-9-24-18-16(15)17(20-10-21-18)22-13-5-7-14(23)8-6-13/h1-10,23H,(H,20,21,22). The summed E-state index contributed by atoms with van der Waals surface area (Å²) in [5.41, 5.74) is 2.98. The third-order valence-corrected chi connectivity index (χ3v) is 4.79. The summed E-state index contributed by atoms with van der Waals surface area (Å²) in [4.78, 5) is 9.67. The molecule has 0 aliphatic heterocycles. The number of phenols is 1. The number of nitrogens with zero attached hydrogens (tertiary/aromatic N) is 2. The van der Waals surface area contributed by atoms with Gasteiger partial charge in [-0.05, 0) is 42.0 Å². The largest absolute Gasteiger partial charge is 0.508 e. The highest BCUT2D eigenvalue weighted by Gasteiger charge is 2.13. The lowest BCUT2D eigenvalue weighted by atomic mass is 10.1. The van der Waals surface area contributed by atoms with Gasteiger partial charge in [-0.3, -0.25) is 0 Å². The van der Waals surface area contributed by atoms with Gasteiger partial charge >= 0.3 is 0 Å². The highest BCUT2D eigenvalue weighted by atomic mass is 35.5. The van der Waals surface area contributed by atoms with Gasteiger partial charge in [-0.15, -0.1) is 11.3 Å². The fraction of sp³-hybridized carbons (Fsp3) is 0. The number of rotatable bonds is 3. The Bertz CT molecular complexity index is 997. The van der Waals surface area contributed by atoms with Gasteiger partial charge in [0, 0.05) is 21.7 Å². The molecule has 0 radical (unpaired) electrons. The van der Waals surface area contributed by atoms with Gasteiger partial charge in [-0.2, -0.15) is 0 Å². The van der Waals surface area contributed by atoms with Crippen LogP contribution in [0.2, 0.25) is 5.02 Å². The zero-order valence-electron chi connectivity index (χ0n) is 12.4. The van der Waals surface area contributed by atoms with Crippen LogP contribution in [0.15, 0.2) is 60.2 Å². The number of thiophene rings is 1. The minimum absolute atomic E-state index is 0.228. The average molecular weight is 354 g/mol. The topological polar surface area (TPSA) is 58.0 Å². The smallest absolute Gasteiger partial charge is 0.143 e. The zero-order chi connectivity index (χ0) is 16.5. The predicted octanol–water partition coefficient (Wildman–Crippen LogP) is 5.46. The molecule has 0 aliphatic rings. The molecule has 4 aromatic rings. The highest BCUT2D eigenvalue weighted by molar-refractivity contribution is 7.17. The van der Waals surface area contributed by atoms with Gasteiger partial charge in [0.2, 0.25) is 0 Å². The Morgan fingerprint density at radius 1 is 0.958 bits per heavy atom. The summed E-state index contributed by atoms with van der Waals surface area (Å²) in [6.45, 7) is 0. The molecule has 4 nitrogen and oxygen atoms in total. The minimum Gasteiger partial charge on any atom is -0.508 e. The monoisotopic (exact) mass is 353 g/mol. The van der Waals surface area contributed by atoms with Crippen LogP contribution in [0.1, 0.15) is 0 Å². The Balaban J connectivity index is 1.82. The van der Waals surface area contributed by atoms with Crippen LogP contribution in [0.5, 0.6) is 5.75 Å². The van der Waals surface area contributed by atoms with E-state index in [2.05, 4.69) is 20.7 Å². The number of halogens is 1. The number of hydrogen-bond donors (Lipinski definition) is 2. The van der Waals surface area contributed by atoms with E-state index in [1.165, 1.54) is 0 Å². The summed E-state index contributed by atoms with van der Waals surface area (Å²) in [5, 5.41) is 16.5. The summed E-state index contributed by atoms with van der Waals surface area (Å²) in [6.07, 6.45) is 1.55. The molecule has 2 aromatic carbocycles. The maximum absolute atomic E-state index is 9.41. The van der Waals surface area contributed by atoms with Gasteiger partial charge in [-0.1, -0.05) is 23.7 Å². The molecule has 118 valence electrons. The molecular weight excluding hydrogens is 342 g/mol. The summed E-state index contributed by atoms with van der Waals surface area (Å²) in [7, 11) is 0. The van der Waals surface area contributed by atoms with E-state index in [9.17, 15) is 5.11 Å². The van der Waals surface area contributed by atoms with Crippen molar-refractivity contribution in [1.82, 2.24) is 9.97 Å². The lowest BCUT2D eigenvalue weighted by Crippen LogP contribution is -1.95. The molecule has 0 aliphatic carbocycles. The molecule has 0 amide bonds. The number of hydrogen-bond acceptors (Lipinski definition) is 5. The van der Waals surface area contributed by atoms with Crippen molar-refractivity contribution >= 4 is 44.7 Å². The van der Waals surface area contributed by atoms with Crippen molar-refractivity contribution in [2.24, 2.45) is 0 Å². The molecule has 2 aromatic heterocycles. The van der Waals surface area contributed by atoms with Crippen molar-refractivity contribution in [2.75, 3.05) is 5.32 Å². The van der Waals surface area contributed by atoms with Crippen LogP contribution in [-0.2, 0) is 0 Å². The first-order valence-electron chi connectivity index (χ1n) is 7.25. The Kier molecular flexibility index (Phi) is 3.80. The summed E-state index contributed by atoms with van der Waals surface area (Å²) in [6, 6.07) is 14.6. The predicted molar refractivity (Wildman–Crippen MR) is 99.3 cm³/mol.